The minimum atomic E-state index is 0.250. The standard InChI is InChI=1S/C18H21BrO/c1-13-5-4-6-14(2)17(13)18(19)16-9-7-15(8-10-16)11-12-20-3/h4-10,18H,11-12H2,1-3H3. The maximum Gasteiger partial charge on any atom is 0.0649 e. The monoisotopic (exact) mass is 332 g/mol. The van der Waals surface area contributed by atoms with Crippen molar-refractivity contribution in [2.75, 3.05) is 13.7 Å². The molecule has 0 saturated carbocycles. The number of rotatable bonds is 5. The summed E-state index contributed by atoms with van der Waals surface area (Å²) in [6.45, 7) is 5.11. The fraction of sp³-hybridized carbons (Fsp3) is 0.333. The zero-order chi connectivity index (χ0) is 14.5. The van der Waals surface area contributed by atoms with Gasteiger partial charge in [-0.2, -0.15) is 0 Å². The van der Waals surface area contributed by atoms with Crippen molar-refractivity contribution in [1.82, 2.24) is 0 Å². The second-order valence-electron chi connectivity index (χ2n) is 5.15. The van der Waals surface area contributed by atoms with Crippen LogP contribution in [0.5, 0.6) is 0 Å². The highest BCUT2D eigenvalue weighted by Crippen LogP contribution is 2.34. The molecular formula is C18H21BrO. The van der Waals surface area contributed by atoms with Crippen LogP contribution in [0.15, 0.2) is 42.5 Å². The van der Waals surface area contributed by atoms with Gasteiger partial charge in [-0.3, -0.25) is 0 Å². The van der Waals surface area contributed by atoms with Crippen molar-refractivity contribution in [1.29, 1.82) is 0 Å². The quantitative estimate of drug-likeness (QED) is 0.702. The van der Waals surface area contributed by atoms with Gasteiger partial charge in [0.05, 0.1) is 11.4 Å². The van der Waals surface area contributed by atoms with Crippen LogP contribution in [0.4, 0.5) is 0 Å². The molecule has 0 bridgehead atoms. The molecule has 0 aliphatic carbocycles. The number of halogens is 1. The molecule has 0 saturated heterocycles. The molecule has 0 fully saturated rings. The summed E-state index contributed by atoms with van der Waals surface area (Å²) in [5.74, 6) is 0. The van der Waals surface area contributed by atoms with Crippen molar-refractivity contribution in [2.45, 2.75) is 25.1 Å². The third kappa shape index (κ3) is 3.50. The van der Waals surface area contributed by atoms with Crippen molar-refractivity contribution in [3.63, 3.8) is 0 Å². The van der Waals surface area contributed by atoms with Gasteiger partial charge in [0, 0.05) is 7.11 Å². The minimum Gasteiger partial charge on any atom is -0.384 e. The fourth-order valence-electron chi connectivity index (χ4n) is 2.47. The number of methoxy groups -OCH3 is 1. The lowest BCUT2D eigenvalue weighted by Crippen LogP contribution is -2.00. The Balaban J connectivity index is 2.23. The van der Waals surface area contributed by atoms with Gasteiger partial charge in [0.25, 0.3) is 0 Å². The summed E-state index contributed by atoms with van der Waals surface area (Å²) in [4.78, 5) is 0.250. The number of ether oxygens (including phenoxy) is 1. The van der Waals surface area contributed by atoms with Crippen LogP contribution in [0, 0.1) is 13.8 Å². The first kappa shape index (κ1) is 15.3. The lowest BCUT2D eigenvalue weighted by Gasteiger charge is -2.17. The van der Waals surface area contributed by atoms with Gasteiger partial charge in [0.1, 0.15) is 0 Å². The van der Waals surface area contributed by atoms with Crippen LogP contribution in [0.25, 0.3) is 0 Å². The summed E-state index contributed by atoms with van der Waals surface area (Å²) in [5, 5.41) is 0. The van der Waals surface area contributed by atoms with Crippen molar-refractivity contribution >= 4 is 15.9 Å². The highest BCUT2D eigenvalue weighted by Gasteiger charge is 2.14. The lowest BCUT2D eigenvalue weighted by atomic mass is 9.95. The van der Waals surface area contributed by atoms with Crippen LogP contribution in [0.3, 0.4) is 0 Å². The molecule has 0 amide bonds. The number of hydrogen-bond acceptors (Lipinski definition) is 1. The molecule has 0 N–H and O–H groups in total. The molecule has 106 valence electrons. The first-order valence-corrected chi connectivity index (χ1v) is 7.83. The molecule has 0 spiro atoms. The van der Waals surface area contributed by atoms with E-state index < -0.39 is 0 Å². The van der Waals surface area contributed by atoms with E-state index in [2.05, 4.69) is 72.2 Å². The smallest absolute Gasteiger partial charge is 0.0649 e. The maximum atomic E-state index is 5.11. The van der Waals surface area contributed by atoms with E-state index in [4.69, 9.17) is 4.74 Å². The Kier molecular flexibility index (Phi) is 5.38. The summed E-state index contributed by atoms with van der Waals surface area (Å²) in [5.41, 5.74) is 6.64. The fourth-order valence-corrected chi connectivity index (χ4v) is 3.49. The lowest BCUT2D eigenvalue weighted by molar-refractivity contribution is 0.202. The average Bonchev–Trinajstić information content (AvgIpc) is 2.45. The minimum absolute atomic E-state index is 0.250. The van der Waals surface area contributed by atoms with Crippen molar-refractivity contribution in [2.24, 2.45) is 0 Å². The van der Waals surface area contributed by atoms with Gasteiger partial charge in [-0.1, -0.05) is 58.4 Å². The second kappa shape index (κ2) is 7.05. The summed E-state index contributed by atoms with van der Waals surface area (Å²) >= 11 is 3.85. The molecule has 0 aliphatic rings. The molecule has 0 heterocycles. The largest absolute Gasteiger partial charge is 0.384 e. The van der Waals surface area contributed by atoms with E-state index >= 15 is 0 Å². The van der Waals surface area contributed by atoms with E-state index in [1.165, 1.54) is 27.8 Å². The van der Waals surface area contributed by atoms with E-state index in [0.717, 1.165) is 13.0 Å². The molecule has 1 unspecified atom stereocenters. The molecule has 0 radical (unpaired) electrons. The predicted octanol–water partition coefficient (Wildman–Crippen LogP) is 4.98. The van der Waals surface area contributed by atoms with E-state index in [0.29, 0.717) is 0 Å². The zero-order valence-electron chi connectivity index (χ0n) is 12.3. The van der Waals surface area contributed by atoms with Gasteiger partial charge in [0.15, 0.2) is 0 Å². The Labute approximate surface area is 130 Å². The summed E-state index contributed by atoms with van der Waals surface area (Å²) in [6, 6.07) is 15.2. The molecule has 2 aromatic carbocycles. The molecular weight excluding hydrogens is 312 g/mol. The van der Waals surface area contributed by atoms with E-state index in [1.54, 1.807) is 7.11 Å². The van der Waals surface area contributed by atoms with Crippen LogP contribution < -0.4 is 0 Å². The molecule has 20 heavy (non-hydrogen) atoms. The van der Waals surface area contributed by atoms with Gasteiger partial charge in [-0.05, 0) is 48.1 Å². The number of benzene rings is 2. The van der Waals surface area contributed by atoms with Gasteiger partial charge in [0.2, 0.25) is 0 Å². The SMILES string of the molecule is COCCc1ccc(C(Br)c2c(C)cccc2C)cc1. The van der Waals surface area contributed by atoms with Gasteiger partial charge >= 0.3 is 0 Å². The Morgan fingerprint density at radius 1 is 1.00 bits per heavy atom. The molecule has 0 aliphatic heterocycles. The maximum absolute atomic E-state index is 5.11. The first-order chi connectivity index (χ1) is 9.63. The van der Waals surface area contributed by atoms with E-state index in [9.17, 15) is 0 Å². The summed E-state index contributed by atoms with van der Waals surface area (Å²) in [7, 11) is 1.74. The van der Waals surface area contributed by atoms with Gasteiger partial charge in [-0.15, -0.1) is 0 Å². The van der Waals surface area contributed by atoms with Crippen LogP contribution in [0.2, 0.25) is 0 Å². The second-order valence-corrected chi connectivity index (χ2v) is 6.07. The van der Waals surface area contributed by atoms with Crippen LogP contribution in [0.1, 0.15) is 32.6 Å². The predicted molar refractivity (Wildman–Crippen MR) is 88.7 cm³/mol. The average molecular weight is 333 g/mol. The summed E-state index contributed by atoms with van der Waals surface area (Å²) in [6.07, 6.45) is 0.965. The molecule has 1 atom stereocenters. The van der Waals surface area contributed by atoms with E-state index in [1.807, 2.05) is 0 Å². The zero-order valence-corrected chi connectivity index (χ0v) is 13.9. The molecule has 2 rings (SSSR count). The highest BCUT2D eigenvalue weighted by atomic mass is 79.9. The van der Waals surface area contributed by atoms with Crippen LogP contribution >= 0.6 is 15.9 Å². The number of aryl methyl sites for hydroxylation is 2. The summed E-state index contributed by atoms with van der Waals surface area (Å²) < 4.78 is 5.11. The van der Waals surface area contributed by atoms with E-state index in [-0.39, 0.29) is 4.83 Å². The Bertz CT molecular complexity index is 540. The normalized spacial score (nSPS) is 12.4. The molecule has 2 aromatic rings. The third-order valence-electron chi connectivity index (χ3n) is 3.66. The Morgan fingerprint density at radius 2 is 1.60 bits per heavy atom. The van der Waals surface area contributed by atoms with Gasteiger partial charge < -0.3 is 4.74 Å². The van der Waals surface area contributed by atoms with Gasteiger partial charge in [-0.25, -0.2) is 0 Å². The molecule has 2 heteroatoms. The third-order valence-corrected chi connectivity index (χ3v) is 4.65. The van der Waals surface area contributed by atoms with Crippen molar-refractivity contribution in [3.8, 4) is 0 Å². The molecule has 0 aromatic heterocycles. The van der Waals surface area contributed by atoms with Crippen molar-refractivity contribution in [3.05, 3.63) is 70.3 Å². The number of alkyl halides is 1. The van der Waals surface area contributed by atoms with Crippen LogP contribution in [-0.2, 0) is 11.2 Å². The van der Waals surface area contributed by atoms with Crippen molar-refractivity contribution < 1.29 is 4.74 Å². The number of hydrogen-bond donors (Lipinski definition) is 0. The Hall–Kier alpha value is -1.12. The highest BCUT2D eigenvalue weighted by molar-refractivity contribution is 9.09. The van der Waals surface area contributed by atoms with Crippen LogP contribution in [-0.4, -0.2) is 13.7 Å². The molecule has 1 nitrogen and oxygen atoms in total. The topological polar surface area (TPSA) is 9.23 Å². The first-order valence-electron chi connectivity index (χ1n) is 6.91. The Morgan fingerprint density at radius 3 is 2.15 bits per heavy atom.